The van der Waals surface area contributed by atoms with E-state index >= 15 is 0 Å². The third-order valence-electron chi connectivity index (χ3n) is 8.94. The molecule has 0 aliphatic rings. The molecule has 0 N–H and O–H groups in total. The summed E-state index contributed by atoms with van der Waals surface area (Å²) < 4.78 is 15.5. The first kappa shape index (κ1) is 23.2. The lowest BCUT2D eigenvalue weighted by atomic mass is 9.85. The molecule has 0 saturated heterocycles. The molecule has 3 heteroatoms. The summed E-state index contributed by atoms with van der Waals surface area (Å²) >= 11 is 1.88. The van der Waals surface area contributed by atoms with Gasteiger partial charge in [-0.05, 0) is 51.4 Å². The van der Waals surface area contributed by atoms with Crippen molar-refractivity contribution in [3.05, 3.63) is 134 Å². The van der Waals surface area contributed by atoms with Crippen LogP contribution in [0.5, 0.6) is 0 Å². The predicted octanol–water partition coefficient (Wildman–Crippen LogP) is 12.3. The van der Waals surface area contributed by atoms with Gasteiger partial charge in [0, 0.05) is 47.5 Å². The van der Waals surface area contributed by atoms with Gasteiger partial charge in [0.1, 0.15) is 16.7 Å². The second kappa shape index (κ2) is 8.57. The van der Waals surface area contributed by atoms with Crippen LogP contribution in [0.15, 0.2) is 142 Å². The Morgan fingerprint density at radius 2 is 1.07 bits per heavy atom. The lowest BCUT2D eigenvalue weighted by Gasteiger charge is -2.18. The van der Waals surface area contributed by atoms with Gasteiger partial charge in [0.25, 0.3) is 0 Å². The van der Waals surface area contributed by atoms with E-state index in [1.165, 1.54) is 52.8 Å². The number of hydrogen-bond donors (Lipinski definition) is 0. The van der Waals surface area contributed by atoms with Crippen molar-refractivity contribution in [1.82, 2.24) is 0 Å². The molecule has 0 atom stereocenters. The van der Waals surface area contributed by atoms with Crippen molar-refractivity contribution in [2.24, 2.45) is 0 Å². The van der Waals surface area contributed by atoms with Crippen LogP contribution in [0, 0.1) is 0 Å². The fraction of sp³-hybridized carbons (Fsp3) is 0. The molecule has 0 aliphatic heterocycles. The molecular formula is C40H22O2S. The fourth-order valence-electron chi connectivity index (χ4n) is 7.15. The van der Waals surface area contributed by atoms with Crippen molar-refractivity contribution < 1.29 is 8.83 Å². The van der Waals surface area contributed by atoms with E-state index in [2.05, 4.69) is 115 Å². The molecule has 3 heterocycles. The highest BCUT2D eigenvalue weighted by molar-refractivity contribution is 7.26. The van der Waals surface area contributed by atoms with E-state index < -0.39 is 0 Å². The summed E-state index contributed by atoms with van der Waals surface area (Å²) in [5, 5.41) is 10.7. The second-order valence-corrected chi connectivity index (χ2v) is 12.2. The summed E-state index contributed by atoms with van der Waals surface area (Å²) in [7, 11) is 0. The average molecular weight is 567 g/mol. The van der Waals surface area contributed by atoms with Crippen LogP contribution in [0.4, 0.5) is 0 Å². The number of hydrogen-bond acceptors (Lipinski definition) is 3. The SMILES string of the molecule is c1ccc2c(c1)oc1c(-c3c4ccccc4c(-c4cccc5c4sc4ccccc45)c4ccccc34)c3occc3cc12. The first-order valence-electron chi connectivity index (χ1n) is 14.5. The Morgan fingerprint density at radius 3 is 1.84 bits per heavy atom. The summed E-state index contributed by atoms with van der Waals surface area (Å²) in [6, 6.07) is 45.7. The van der Waals surface area contributed by atoms with Crippen molar-refractivity contribution in [2.75, 3.05) is 0 Å². The molecule has 0 bridgehead atoms. The Labute approximate surface area is 250 Å². The number of fused-ring (bicyclic) bond motifs is 9. The molecule has 0 radical (unpaired) electrons. The number of para-hydroxylation sites is 1. The summed E-state index contributed by atoms with van der Waals surface area (Å²) in [6.45, 7) is 0. The van der Waals surface area contributed by atoms with Crippen LogP contribution in [0.3, 0.4) is 0 Å². The lowest BCUT2D eigenvalue weighted by molar-refractivity contribution is 0.615. The molecule has 0 spiro atoms. The standard InChI is InChI=1S/C40H22O2S/c1-3-14-28-26(12-1)35(31-17-9-16-30-25-11-6-8-19-34(25)43-40(30)31)27-13-2-4-15-29(27)36(28)37-38-23(20-21-41-38)22-32-24-10-5-7-18-33(24)42-39(32)37/h1-22H. The molecule has 10 rings (SSSR count). The zero-order chi connectivity index (χ0) is 28.1. The molecule has 0 unspecified atom stereocenters. The summed E-state index contributed by atoms with van der Waals surface area (Å²) in [4.78, 5) is 0. The van der Waals surface area contributed by atoms with Crippen molar-refractivity contribution in [3.8, 4) is 22.3 Å². The van der Waals surface area contributed by atoms with Gasteiger partial charge < -0.3 is 8.83 Å². The smallest absolute Gasteiger partial charge is 0.147 e. The van der Waals surface area contributed by atoms with Crippen molar-refractivity contribution in [3.63, 3.8) is 0 Å². The Hall–Kier alpha value is -5.38. The van der Waals surface area contributed by atoms with Gasteiger partial charge >= 0.3 is 0 Å². The molecule has 43 heavy (non-hydrogen) atoms. The van der Waals surface area contributed by atoms with Crippen LogP contribution in [-0.2, 0) is 0 Å². The van der Waals surface area contributed by atoms with Gasteiger partial charge in [-0.1, -0.05) is 103 Å². The first-order chi connectivity index (χ1) is 21.3. The van der Waals surface area contributed by atoms with E-state index in [4.69, 9.17) is 8.83 Å². The second-order valence-electron chi connectivity index (χ2n) is 11.2. The molecule has 2 nitrogen and oxygen atoms in total. The lowest BCUT2D eigenvalue weighted by Crippen LogP contribution is -1.92. The van der Waals surface area contributed by atoms with Crippen molar-refractivity contribution >= 4 is 86.0 Å². The Morgan fingerprint density at radius 1 is 0.442 bits per heavy atom. The van der Waals surface area contributed by atoms with Gasteiger partial charge in [-0.15, -0.1) is 11.3 Å². The Bertz CT molecular complexity index is 2680. The van der Waals surface area contributed by atoms with Crippen LogP contribution in [-0.4, -0.2) is 0 Å². The maximum Gasteiger partial charge on any atom is 0.147 e. The molecule has 7 aromatic carbocycles. The van der Waals surface area contributed by atoms with Crippen molar-refractivity contribution in [1.29, 1.82) is 0 Å². The zero-order valence-corrected chi connectivity index (χ0v) is 23.7. The minimum Gasteiger partial charge on any atom is -0.464 e. The number of benzene rings is 7. The third kappa shape index (κ3) is 3.12. The van der Waals surface area contributed by atoms with Gasteiger partial charge in [0.05, 0.1) is 11.8 Å². The van der Waals surface area contributed by atoms with Crippen molar-refractivity contribution in [2.45, 2.75) is 0 Å². The Kier molecular flexibility index (Phi) is 4.63. The number of furan rings is 2. The largest absolute Gasteiger partial charge is 0.464 e. The van der Waals surface area contributed by atoms with Crippen LogP contribution in [0.2, 0.25) is 0 Å². The van der Waals surface area contributed by atoms with E-state index in [1.54, 1.807) is 6.26 Å². The summed E-state index contributed by atoms with van der Waals surface area (Å²) in [6.07, 6.45) is 1.79. The maximum atomic E-state index is 6.66. The topological polar surface area (TPSA) is 26.3 Å². The molecule has 0 aliphatic carbocycles. The van der Waals surface area contributed by atoms with E-state index in [0.717, 1.165) is 44.0 Å². The highest BCUT2D eigenvalue weighted by Gasteiger charge is 2.24. The molecule has 200 valence electrons. The minimum atomic E-state index is 0.848. The van der Waals surface area contributed by atoms with E-state index in [1.807, 2.05) is 23.5 Å². The summed E-state index contributed by atoms with van der Waals surface area (Å²) in [5.74, 6) is 0. The summed E-state index contributed by atoms with van der Waals surface area (Å²) in [5.41, 5.74) is 7.27. The van der Waals surface area contributed by atoms with Crippen LogP contribution >= 0.6 is 11.3 Å². The van der Waals surface area contributed by atoms with E-state index in [-0.39, 0.29) is 0 Å². The third-order valence-corrected chi connectivity index (χ3v) is 10.2. The van der Waals surface area contributed by atoms with Crippen LogP contribution in [0.1, 0.15) is 0 Å². The number of thiophene rings is 1. The highest BCUT2D eigenvalue weighted by Crippen LogP contribution is 2.51. The molecular weight excluding hydrogens is 545 g/mol. The minimum absolute atomic E-state index is 0.848. The molecule has 0 fully saturated rings. The number of rotatable bonds is 2. The van der Waals surface area contributed by atoms with Gasteiger partial charge in [-0.25, -0.2) is 0 Å². The zero-order valence-electron chi connectivity index (χ0n) is 22.9. The average Bonchev–Trinajstić information content (AvgIpc) is 3.78. The van der Waals surface area contributed by atoms with E-state index in [9.17, 15) is 0 Å². The fourth-order valence-corrected chi connectivity index (χ4v) is 8.37. The van der Waals surface area contributed by atoms with Gasteiger partial charge in [-0.3, -0.25) is 0 Å². The van der Waals surface area contributed by atoms with Crippen LogP contribution in [0.25, 0.3) is 96.9 Å². The highest BCUT2D eigenvalue weighted by atomic mass is 32.1. The normalized spacial score (nSPS) is 12.2. The molecule has 0 saturated carbocycles. The predicted molar refractivity (Wildman–Crippen MR) is 182 cm³/mol. The van der Waals surface area contributed by atoms with Gasteiger partial charge in [0.2, 0.25) is 0 Å². The van der Waals surface area contributed by atoms with E-state index in [0.29, 0.717) is 0 Å². The molecule has 10 aromatic rings. The Balaban J connectivity index is 1.42. The monoisotopic (exact) mass is 566 g/mol. The maximum absolute atomic E-state index is 6.66. The van der Waals surface area contributed by atoms with Crippen LogP contribution < -0.4 is 0 Å². The molecule has 3 aromatic heterocycles. The van der Waals surface area contributed by atoms with Gasteiger partial charge in [-0.2, -0.15) is 0 Å². The molecule has 0 amide bonds. The quantitative estimate of drug-likeness (QED) is 0.195. The first-order valence-corrected chi connectivity index (χ1v) is 15.3. The van der Waals surface area contributed by atoms with Gasteiger partial charge in [0.15, 0.2) is 0 Å².